The number of carboxylic acids is 1. The van der Waals surface area contributed by atoms with Crippen LogP contribution < -0.4 is 5.32 Å². The summed E-state index contributed by atoms with van der Waals surface area (Å²) >= 11 is 0. The van der Waals surface area contributed by atoms with Crippen molar-refractivity contribution in [2.45, 2.75) is 12.5 Å². The van der Waals surface area contributed by atoms with E-state index in [2.05, 4.69) is 5.32 Å². The lowest BCUT2D eigenvalue weighted by atomic mass is 9.97. The van der Waals surface area contributed by atoms with Gasteiger partial charge in [-0.15, -0.1) is 12.4 Å². The van der Waals surface area contributed by atoms with Gasteiger partial charge in [0.15, 0.2) is 0 Å². The van der Waals surface area contributed by atoms with Crippen LogP contribution in [0.3, 0.4) is 0 Å². The Balaban J connectivity index is 0.000000980. The van der Waals surface area contributed by atoms with Crippen molar-refractivity contribution in [2.24, 2.45) is 0 Å². The number of rotatable bonds is 2. The Kier molecular flexibility index (Phi) is 3.49. The van der Waals surface area contributed by atoms with E-state index < -0.39 is 5.97 Å². The molecule has 2 N–H and O–H groups in total. The van der Waals surface area contributed by atoms with Crippen LogP contribution in [0.1, 0.15) is 28.4 Å². The fourth-order valence-corrected chi connectivity index (χ4v) is 1.43. The van der Waals surface area contributed by atoms with Crippen molar-refractivity contribution >= 4 is 18.4 Å². The van der Waals surface area contributed by atoms with Gasteiger partial charge in [0, 0.05) is 6.04 Å². The summed E-state index contributed by atoms with van der Waals surface area (Å²) in [6.45, 7) is 1.06. The summed E-state index contributed by atoms with van der Waals surface area (Å²) < 4.78 is 0. The highest BCUT2D eigenvalue weighted by atomic mass is 35.5. The van der Waals surface area contributed by atoms with E-state index in [0.717, 1.165) is 13.0 Å². The standard InChI is InChI=1S/C10H11NO2.ClH/c12-10(13)8-3-1-7(2-4-8)9-5-6-11-9;/h1-4,9,11H,5-6H2,(H,12,13);1H/t9-;/m0./s1. The highest BCUT2D eigenvalue weighted by molar-refractivity contribution is 5.87. The zero-order valence-electron chi connectivity index (χ0n) is 7.56. The molecule has 0 aromatic heterocycles. The lowest BCUT2D eigenvalue weighted by Crippen LogP contribution is -2.34. The van der Waals surface area contributed by atoms with Gasteiger partial charge in [0.2, 0.25) is 0 Å². The van der Waals surface area contributed by atoms with E-state index in [-0.39, 0.29) is 12.4 Å². The largest absolute Gasteiger partial charge is 0.478 e. The number of hydrogen-bond acceptors (Lipinski definition) is 2. The average molecular weight is 214 g/mol. The van der Waals surface area contributed by atoms with Gasteiger partial charge in [0.05, 0.1) is 5.56 Å². The van der Waals surface area contributed by atoms with Gasteiger partial charge < -0.3 is 10.4 Å². The fourth-order valence-electron chi connectivity index (χ4n) is 1.43. The molecule has 1 atom stereocenters. The second kappa shape index (κ2) is 4.44. The molecular weight excluding hydrogens is 202 g/mol. The number of carbonyl (C=O) groups is 1. The molecule has 0 radical (unpaired) electrons. The van der Waals surface area contributed by atoms with E-state index in [9.17, 15) is 4.79 Å². The Morgan fingerprint density at radius 3 is 2.29 bits per heavy atom. The topological polar surface area (TPSA) is 49.3 Å². The molecule has 0 spiro atoms. The zero-order valence-corrected chi connectivity index (χ0v) is 8.38. The molecule has 14 heavy (non-hydrogen) atoms. The Labute approximate surface area is 88.5 Å². The molecule has 0 unspecified atom stereocenters. The molecule has 2 rings (SSSR count). The second-order valence-corrected chi connectivity index (χ2v) is 3.22. The number of halogens is 1. The van der Waals surface area contributed by atoms with Crippen LogP contribution in [0.2, 0.25) is 0 Å². The number of benzene rings is 1. The minimum atomic E-state index is -0.867. The van der Waals surface area contributed by atoms with E-state index in [0.29, 0.717) is 11.6 Å². The molecule has 76 valence electrons. The molecule has 1 aromatic rings. The summed E-state index contributed by atoms with van der Waals surface area (Å²) in [5.74, 6) is -0.867. The van der Waals surface area contributed by atoms with Crippen molar-refractivity contribution in [3.63, 3.8) is 0 Å². The van der Waals surface area contributed by atoms with Crippen molar-refractivity contribution in [1.29, 1.82) is 0 Å². The normalized spacial score (nSPS) is 19.3. The van der Waals surface area contributed by atoms with E-state index >= 15 is 0 Å². The summed E-state index contributed by atoms with van der Waals surface area (Å²) in [5.41, 5.74) is 1.53. The van der Waals surface area contributed by atoms with Gasteiger partial charge in [0.1, 0.15) is 0 Å². The summed E-state index contributed by atoms with van der Waals surface area (Å²) in [5, 5.41) is 11.9. The molecule has 0 bridgehead atoms. The maximum absolute atomic E-state index is 10.5. The molecule has 0 saturated carbocycles. The van der Waals surface area contributed by atoms with E-state index in [1.165, 1.54) is 5.56 Å². The Hall–Kier alpha value is -1.06. The van der Waals surface area contributed by atoms with Crippen molar-refractivity contribution in [1.82, 2.24) is 5.32 Å². The molecule has 3 nitrogen and oxygen atoms in total. The van der Waals surface area contributed by atoms with E-state index in [4.69, 9.17) is 5.11 Å². The average Bonchev–Trinajstić information content (AvgIpc) is 2.02. The van der Waals surface area contributed by atoms with Crippen molar-refractivity contribution in [3.05, 3.63) is 35.4 Å². The van der Waals surface area contributed by atoms with E-state index in [1.807, 2.05) is 12.1 Å². The highest BCUT2D eigenvalue weighted by Crippen LogP contribution is 2.22. The maximum Gasteiger partial charge on any atom is 0.335 e. The van der Waals surface area contributed by atoms with Crippen molar-refractivity contribution < 1.29 is 9.90 Å². The van der Waals surface area contributed by atoms with Crippen LogP contribution in [-0.4, -0.2) is 17.6 Å². The van der Waals surface area contributed by atoms with Crippen molar-refractivity contribution in [3.8, 4) is 0 Å². The predicted molar refractivity (Wildman–Crippen MR) is 56.0 cm³/mol. The minimum Gasteiger partial charge on any atom is -0.478 e. The van der Waals surface area contributed by atoms with Crippen LogP contribution in [0, 0.1) is 0 Å². The zero-order chi connectivity index (χ0) is 9.26. The number of hydrogen-bond donors (Lipinski definition) is 2. The van der Waals surface area contributed by atoms with Gasteiger partial charge in [-0.1, -0.05) is 12.1 Å². The molecule has 1 fully saturated rings. The molecule has 0 amide bonds. The smallest absolute Gasteiger partial charge is 0.335 e. The SMILES string of the molecule is Cl.O=C(O)c1ccc([C@@H]2CCN2)cc1. The molecular formula is C10H12ClNO2. The van der Waals surface area contributed by atoms with Gasteiger partial charge in [-0.2, -0.15) is 0 Å². The van der Waals surface area contributed by atoms with Crippen molar-refractivity contribution in [2.75, 3.05) is 6.54 Å². The van der Waals surface area contributed by atoms with Gasteiger partial charge in [0.25, 0.3) is 0 Å². The van der Waals surface area contributed by atoms with Crippen LogP contribution in [0.5, 0.6) is 0 Å². The lowest BCUT2D eigenvalue weighted by molar-refractivity contribution is 0.0697. The summed E-state index contributed by atoms with van der Waals surface area (Å²) in [4.78, 5) is 10.5. The Morgan fingerprint density at radius 2 is 1.93 bits per heavy atom. The Morgan fingerprint density at radius 1 is 1.36 bits per heavy atom. The third-order valence-electron chi connectivity index (χ3n) is 2.38. The first-order valence-corrected chi connectivity index (χ1v) is 4.34. The van der Waals surface area contributed by atoms with Crippen LogP contribution in [0.4, 0.5) is 0 Å². The molecule has 1 aromatic carbocycles. The fraction of sp³-hybridized carbons (Fsp3) is 0.300. The molecule has 1 aliphatic rings. The first-order valence-electron chi connectivity index (χ1n) is 4.34. The van der Waals surface area contributed by atoms with Crippen LogP contribution >= 0.6 is 12.4 Å². The van der Waals surface area contributed by atoms with Crippen LogP contribution in [-0.2, 0) is 0 Å². The molecule has 0 aliphatic carbocycles. The van der Waals surface area contributed by atoms with Gasteiger partial charge in [-0.3, -0.25) is 0 Å². The van der Waals surface area contributed by atoms with Crippen LogP contribution in [0.25, 0.3) is 0 Å². The molecule has 4 heteroatoms. The number of aromatic carboxylic acids is 1. The molecule has 1 saturated heterocycles. The monoisotopic (exact) mass is 213 g/mol. The first kappa shape index (κ1) is 11.0. The second-order valence-electron chi connectivity index (χ2n) is 3.22. The highest BCUT2D eigenvalue weighted by Gasteiger charge is 2.18. The molecule has 1 aliphatic heterocycles. The lowest BCUT2D eigenvalue weighted by Gasteiger charge is -2.27. The number of carboxylic acid groups (broad SMARTS) is 1. The van der Waals surface area contributed by atoms with Crippen LogP contribution in [0.15, 0.2) is 24.3 Å². The van der Waals surface area contributed by atoms with Gasteiger partial charge in [-0.05, 0) is 30.7 Å². The molecule has 1 heterocycles. The van der Waals surface area contributed by atoms with Gasteiger partial charge >= 0.3 is 5.97 Å². The first-order chi connectivity index (χ1) is 6.27. The Bertz CT molecular complexity index is 319. The number of nitrogens with one attached hydrogen (secondary N) is 1. The third-order valence-corrected chi connectivity index (χ3v) is 2.38. The third kappa shape index (κ3) is 2.05. The van der Waals surface area contributed by atoms with Gasteiger partial charge in [-0.25, -0.2) is 4.79 Å². The van der Waals surface area contributed by atoms with E-state index in [1.54, 1.807) is 12.1 Å². The summed E-state index contributed by atoms with van der Waals surface area (Å²) in [6, 6.07) is 7.48. The minimum absolute atomic E-state index is 0. The quantitative estimate of drug-likeness (QED) is 0.788. The summed E-state index contributed by atoms with van der Waals surface area (Å²) in [6.07, 6.45) is 1.15. The predicted octanol–water partition coefficient (Wildman–Crippen LogP) is 1.84. The maximum atomic E-state index is 10.5. The summed E-state index contributed by atoms with van der Waals surface area (Å²) in [7, 11) is 0.